The Kier molecular flexibility index (Phi) is 7.46. The molecule has 30 heavy (non-hydrogen) atoms. The van der Waals surface area contributed by atoms with E-state index >= 15 is 0 Å². The Morgan fingerprint density at radius 2 is 1.83 bits per heavy atom. The van der Waals surface area contributed by atoms with Crippen LogP contribution in [-0.2, 0) is 0 Å². The molecule has 0 saturated carbocycles. The van der Waals surface area contributed by atoms with Gasteiger partial charge in [0.05, 0.1) is 10.6 Å². The number of amides is 1. The summed E-state index contributed by atoms with van der Waals surface area (Å²) in [4.78, 5) is 18.0. The van der Waals surface area contributed by atoms with Crippen LogP contribution in [0.5, 0.6) is 0 Å². The third-order valence-corrected chi connectivity index (χ3v) is 5.16. The molecular weight excluding hydrogens is 412 g/mol. The molecule has 0 radical (unpaired) electrons. The molecule has 3 rings (SSSR count). The van der Waals surface area contributed by atoms with Crippen LogP contribution < -0.4 is 20.9 Å². The molecule has 1 unspecified atom stereocenters. The molecule has 1 aliphatic rings. The van der Waals surface area contributed by atoms with Gasteiger partial charge in [0.25, 0.3) is 5.91 Å². The molecule has 0 bridgehead atoms. The Morgan fingerprint density at radius 3 is 2.53 bits per heavy atom. The van der Waals surface area contributed by atoms with Crippen LogP contribution in [0, 0.1) is 11.6 Å². The van der Waals surface area contributed by atoms with Crippen LogP contribution in [-0.4, -0.2) is 51.1 Å². The summed E-state index contributed by atoms with van der Waals surface area (Å²) in [5, 5.41) is 9.57. The quantitative estimate of drug-likeness (QED) is 0.371. The zero-order valence-corrected chi connectivity index (χ0v) is 17.3. The lowest BCUT2D eigenvalue weighted by Gasteiger charge is -2.21. The van der Waals surface area contributed by atoms with Crippen LogP contribution in [0.3, 0.4) is 0 Å². The van der Waals surface area contributed by atoms with E-state index in [0.29, 0.717) is 42.7 Å². The van der Waals surface area contributed by atoms with Crippen LogP contribution in [0.4, 0.5) is 14.5 Å². The van der Waals surface area contributed by atoms with Gasteiger partial charge in [0.15, 0.2) is 5.96 Å². The second kappa shape index (κ2) is 10.2. The first kappa shape index (κ1) is 21.8. The fourth-order valence-corrected chi connectivity index (χ4v) is 3.58. The molecule has 1 saturated heterocycles. The maximum atomic E-state index is 14.0. The van der Waals surface area contributed by atoms with Crippen LogP contribution in [0.15, 0.2) is 47.5 Å². The number of nitrogens with one attached hydrogen (secondary N) is 3. The Balaban J connectivity index is 1.44. The highest BCUT2D eigenvalue weighted by atomic mass is 35.5. The number of anilines is 1. The average molecular weight is 436 g/mol. The maximum Gasteiger partial charge on any atom is 0.252 e. The van der Waals surface area contributed by atoms with Crippen molar-refractivity contribution in [2.24, 2.45) is 4.99 Å². The van der Waals surface area contributed by atoms with Gasteiger partial charge in [-0.1, -0.05) is 29.8 Å². The minimum Gasteiger partial charge on any atom is -0.365 e. The lowest BCUT2D eigenvalue weighted by molar-refractivity contribution is 0.0954. The fraction of sp³-hybridized carbons (Fsp3) is 0.333. The van der Waals surface area contributed by atoms with Gasteiger partial charge in [-0.15, -0.1) is 0 Å². The number of halogens is 3. The van der Waals surface area contributed by atoms with Crippen molar-refractivity contribution in [1.29, 1.82) is 0 Å². The standard InChI is InChI=1S/C21H24ClF2N5O/c1-25-21(27-11-10-26-20(30)15-5-2-3-6-16(15)22)28-14-9-12-29(13-14)19-17(23)7-4-8-18(19)24/h2-8,14H,9-13H2,1H3,(H,26,30)(H2,25,27,28). The van der Waals surface area contributed by atoms with E-state index in [1.807, 2.05) is 0 Å². The van der Waals surface area contributed by atoms with E-state index in [2.05, 4.69) is 20.9 Å². The molecule has 6 nitrogen and oxygen atoms in total. The molecule has 0 spiro atoms. The number of aliphatic imine (C=N–C) groups is 1. The lowest BCUT2D eigenvalue weighted by Crippen LogP contribution is -2.46. The number of guanidine groups is 1. The molecule has 3 N–H and O–H groups in total. The lowest BCUT2D eigenvalue weighted by atomic mass is 10.2. The molecule has 1 fully saturated rings. The first-order chi connectivity index (χ1) is 14.5. The third kappa shape index (κ3) is 5.38. The van der Waals surface area contributed by atoms with E-state index in [1.165, 1.54) is 18.2 Å². The van der Waals surface area contributed by atoms with E-state index in [9.17, 15) is 13.6 Å². The topological polar surface area (TPSA) is 68.8 Å². The van der Waals surface area contributed by atoms with Crippen molar-refractivity contribution in [3.63, 3.8) is 0 Å². The molecule has 1 heterocycles. The van der Waals surface area contributed by atoms with Crippen molar-refractivity contribution in [3.05, 3.63) is 64.7 Å². The molecule has 2 aromatic rings. The van der Waals surface area contributed by atoms with E-state index in [-0.39, 0.29) is 17.6 Å². The number of para-hydroxylation sites is 1. The van der Waals surface area contributed by atoms with Gasteiger partial charge in [-0.3, -0.25) is 9.79 Å². The molecule has 0 aromatic heterocycles. The first-order valence-electron chi connectivity index (χ1n) is 9.68. The number of carbonyl (C=O) groups is 1. The summed E-state index contributed by atoms with van der Waals surface area (Å²) in [5.74, 6) is -0.814. The normalized spacial score (nSPS) is 16.5. The zero-order chi connectivity index (χ0) is 21.5. The number of hydrogen-bond donors (Lipinski definition) is 3. The number of hydrogen-bond acceptors (Lipinski definition) is 3. The Bertz CT molecular complexity index is 904. The SMILES string of the molecule is CN=C(NCCNC(=O)c1ccccc1Cl)NC1CCN(c2c(F)cccc2F)C1. The van der Waals surface area contributed by atoms with E-state index in [1.54, 1.807) is 36.2 Å². The first-order valence-corrected chi connectivity index (χ1v) is 10.1. The van der Waals surface area contributed by atoms with Crippen molar-refractivity contribution in [2.45, 2.75) is 12.5 Å². The van der Waals surface area contributed by atoms with Crippen molar-refractivity contribution >= 4 is 29.2 Å². The molecular formula is C21H24ClF2N5O. The zero-order valence-electron chi connectivity index (χ0n) is 16.6. The smallest absolute Gasteiger partial charge is 0.252 e. The van der Waals surface area contributed by atoms with Gasteiger partial charge >= 0.3 is 0 Å². The number of benzene rings is 2. The van der Waals surface area contributed by atoms with Gasteiger partial charge in [0.2, 0.25) is 0 Å². The van der Waals surface area contributed by atoms with Crippen LogP contribution in [0.2, 0.25) is 5.02 Å². The molecule has 1 aliphatic heterocycles. The predicted molar refractivity (Wildman–Crippen MR) is 115 cm³/mol. The van der Waals surface area contributed by atoms with Gasteiger partial charge in [-0.25, -0.2) is 8.78 Å². The number of nitrogens with zero attached hydrogens (tertiary/aromatic N) is 2. The molecule has 0 aliphatic carbocycles. The number of rotatable bonds is 6. The van der Waals surface area contributed by atoms with Crippen molar-refractivity contribution < 1.29 is 13.6 Å². The van der Waals surface area contributed by atoms with Crippen LogP contribution in [0.25, 0.3) is 0 Å². The summed E-state index contributed by atoms with van der Waals surface area (Å²) in [6, 6.07) is 10.7. The predicted octanol–water partition coefficient (Wildman–Crippen LogP) is 2.79. The Hall–Kier alpha value is -2.87. The summed E-state index contributed by atoms with van der Waals surface area (Å²) in [6.07, 6.45) is 0.720. The van der Waals surface area contributed by atoms with Gasteiger partial charge in [0.1, 0.15) is 17.3 Å². The highest BCUT2D eigenvalue weighted by Gasteiger charge is 2.27. The minimum absolute atomic E-state index is 0.00651. The van der Waals surface area contributed by atoms with Crippen molar-refractivity contribution in [1.82, 2.24) is 16.0 Å². The second-order valence-corrected chi connectivity index (χ2v) is 7.29. The van der Waals surface area contributed by atoms with Gasteiger partial charge in [-0.2, -0.15) is 0 Å². The van der Waals surface area contributed by atoms with E-state index in [0.717, 1.165) is 6.42 Å². The molecule has 160 valence electrons. The summed E-state index contributed by atoms with van der Waals surface area (Å²) in [7, 11) is 1.64. The van der Waals surface area contributed by atoms with Crippen LogP contribution >= 0.6 is 11.6 Å². The van der Waals surface area contributed by atoms with Gasteiger partial charge in [0, 0.05) is 39.3 Å². The summed E-state index contributed by atoms with van der Waals surface area (Å²) in [6.45, 7) is 1.83. The second-order valence-electron chi connectivity index (χ2n) is 6.88. The van der Waals surface area contributed by atoms with Crippen LogP contribution in [0.1, 0.15) is 16.8 Å². The molecule has 2 aromatic carbocycles. The number of carbonyl (C=O) groups excluding carboxylic acids is 1. The molecule has 1 atom stereocenters. The third-order valence-electron chi connectivity index (χ3n) is 4.83. The molecule has 9 heteroatoms. The summed E-state index contributed by atoms with van der Waals surface area (Å²) in [5.41, 5.74) is 0.431. The largest absolute Gasteiger partial charge is 0.365 e. The van der Waals surface area contributed by atoms with E-state index in [4.69, 9.17) is 11.6 Å². The Morgan fingerprint density at radius 1 is 1.13 bits per heavy atom. The monoisotopic (exact) mass is 435 g/mol. The summed E-state index contributed by atoms with van der Waals surface area (Å²) >= 11 is 6.02. The molecule has 1 amide bonds. The van der Waals surface area contributed by atoms with Crippen molar-refractivity contribution in [2.75, 3.05) is 38.1 Å². The highest BCUT2D eigenvalue weighted by molar-refractivity contribution is 6.33. The van der Waals surface area contributed by atoms with Gasteiger partial charge in [-0.05, 0) is 30.7 Å². The Labute approximate surface area is 179 Å². The van der Waals surface area contributed by atoms with Crippen molar-refractivity contribution in [3.8, 4) is 0 Å². The average Bonchev–Trinajstić information content (AvgIpc) is 3.18. The van der Waals surface area contributed by atoms with Gasteiger partial charge < -0.3 is 20.9 Å². The summed E-state index contributed by atoms with van der Waals surface area (Å²) < 4.78 is 28.0. The highest BCUT2D eigenvalue weighted by Crippen LogP contribution is 2.26. The van der Waals surface area contributed by atoms with E-state index < -0.39 is 11.6 Å². The fourth-order valence-electron chi connectivity index (χ4n) is 3.36. The minimum atomic E-state index is -0.563. The maximum absolute atomic E-state index is 14.0.